The highest BCUT2D eigenvalue weighted by molar-refractivity contribution is 7.88. The Labute approximate surface area is 155 Å². The molecule has 2 rings (SSSR count). The van der Waals surface area contributed by atoms with Crippen LogP contribution in [-0.4, -0.2) is 57.7 Å². The van der Waals surface area contributed by atoms with Crippen LogP contribution in [0, 0.1) is 18.7 Å². The van der Waals surface area contributed by atoms with Crippen molar-refractivity contribution in [1.29, 1.82) is 0 Å². The van der Waals surface area contributed by atoms with Gasteiger partial charge in [-0.1, -0.05) is 6.07 Å². The Morgan fingerprint density at radius 2 is 2.15 bits per heavy atom. The molecule has 0 spiro atoms. The van der Waals surface area contributed by atoms with E-state index in [2.05, 4.69) is 15.6 Å². The number of aryl methyl sites for hydroxylation is 1. The fraction of sp³-hybridized carbons (Fsp3) is 0.611. The fourth-order valence-electron chi connectivity index (χ4n) is 3.06. The molecular weight excluding hydrogens is 355 g/mol. The number of nitrogens with one attached hydrogen (secondary N) is 2. The van der Waals surface area contributed by atoms with Crippen LogP contribution < -0.4 is 10.6 Å². The van der Waals surface area contributed by atoms with Gasteiger partial charge in [-0.3, -0.25) is 4.99 Å². The molecule has 0 aliphatic carbocycles. The number of halogens is 1. The van der Waals surface area contributed by atoms with Crippen molar-refractivity contribution < 1.29 is 12.8 Å². The minimum Gasteiger partial charge on any atom is -0.357 e. The molecule has 1 unspecified atom stereocenters. The van der Waals surface area contributed by atoms with Crippen molar-refractivity contribution in [3.63, 3.8) is 0 Å². The minimum absolute atomic E-state index is 0.214. The van der Waals surface area contributed by atoms with Crippen LogP contribution in [0.15, 0.2) is 23.2 Å². The van der Waals surface area contributed by atoms with E-state index in [4.69, 9.17) is 0 Å². The first-order valence-electron chi connectivity index (χ1n) is 9.02. The van der Waals surface area contributed by atoms with Gasteiger partial charge < -0.3 is 10.6 Å². The van der Waals surface area contributed by atoms with Gasteiger partial charge >= 0.3 is 0 Å². The Balaban J connectivity index is 1.85. The summed E-state index contributed by atoms with van der Waals surface area (Å²) in [4.78, 5) is 4.59. The second kappa shape index (κ2) is 9.32. The maximum Gasteiger partial charge on any atom is 0.211 e. The van der Waals surface area contributed by atoms with Gasteiger partial charge in [-0.05, 0) is 55.9 Å². The van der Waals surface area contributed by atoms with Crippen LogP contribution in [0.2, 0.25) is 0 Å². The normalized spacial score (nSPS) is 18.9. The Hall–Kier alpha value is -1.67. The molecule has 146 valence electrons. The lowest BCUT2D eigenvalue weighted by Crippen LogP contribution is -2.38. The van der Waals surface area contributed by atoms with E-state index in [1.54, 1.807) is 6.07 Å². The van der Waals surface area contributed by atoms with Crippen LogP contribution in [0.5, 0.6) is 0 Å². The largest absolute Gasteiger partial charge is 0.357 e. The van der Waals surface area contributed by atoms with Gasteiger partial charge in [0.1, 0.15) is 5.82 Å². The summed E-state index contributed by atoms with van der Waals surface area (Å²) in [5.74, 6) is 0.762. The zero-order valence-electron chi connectivity index (χ0n) is 15.8. The Kier molecular flexibility index (Phi) is 7.40. The molecule has 1 aliphatic rings. The summed E-state index contributed by atoms with van der Waals surface area (Å²) in [6.07, 6.45) is 2.87. The smallest absolute Gasteiger partial charge is 0.211 e. The molecule has 0 amide bonds. The number of sulfonamides is 1. The van der Waals surface area contributed by atoms with Crippen LogP contribution in [0.1, 0.15) is 24.5 Å². The second-order valence-electron chi connectivity index (χ2n) is 6.74. The number of guanidine groups is 1. The third kappa shape index (κ3) is 6.25. The molecule has 2 N–H and O–H groups in total. The lowest BCUT2D eigenvalue weighted by Gasteiger charge is -2.14. The van der Waals surface area contributed by atoms with Crippen molar-refractivity contribution in [2.24, 2.45) is 10.9 Å². The summed E-state index contributed by atoms with van der Waals surface area (Å²) in [5, 5.41) is 6.49. The molecule has 26 heavy (non-hydrogen) atoms. The van der Waals surface area contributed by atoms with Crippen LogP contribution >= 0.6 is 0 Å². The van der Waals surface area contributed by atoms with E-state index in [0.717, 1.165) is 36.5 Å². The summed E-state index contributed by atoms with van der Waals surface area (Å²) in [6, 6.07) is 4.84. The van der Waals surface area contributed by atoms with E-state index in [0.29, 0.717) is 26.2 Å². The molecule has 6 nitrogen and oxygen atoms in total. The first kappa shape index (κ1) is 20.6. The topological polar surface area (TPSA) is 73.8 Å². The van der Waals surface area contributed by atoms with E-state index in [1.807, 2.05) is 19.9 Å². The summed E-state index contributed by atoms with van der Waals surface area (Å²) in [5.41, 5.74) is 2.05. The maximum absolute atomic E-state index is 13.2. The number of hydrogen-bond donors (Lipinski definition) is 2. The molecule has 0 aromatic heterocycles. The third-order valence-corrected chi connectivity index (χ3v) is 5.83. The second-order valence-corrected chi connectivity index (χ2v) is 8.73. The number of benzene rings is 1. The van der Waals surface area contributed by atoms with Crippen molar-refractivity contribution in [1.82, 2.24) is 14.9 Å². The van der Waals surface area contributed by atoms with E-state index in [9.17, 15) is 12.8 Å². The van der Waals surface area contributed by atoms with Crippen LogP contribution in [0.25, 0.3) is 0 Å². The number of aliphatic imine (C=N–C) groups is 1. The minimum atomic E-state index is -3.11. The first-order chi connectivity index (χ1) is 12.3. The lowest BCUT2D eigenvalue weighted by atomic mass is 10.1. The van der Waals surface area contributed by atoms with Crippen molar-refractivity contribution in [3.05, 3.63) is 35.1 Å². The van der Waals surface area contributed by atoms with E-state index in [-0.39, 0.29) is 11.7 Å². The highest BCUT2D eigenvalue weighted by atomic mass is 32.2. The van der Waals surface area contributed by atoms with Gasteiger partial charge in [-0.25, -0.2) is 17.1 Å². The molecule has 1 saturated heterocycles. The molecule has 8 heteroatoms. The van der Waals surface area contributed by atoms with Gasteiger partial charge in [0, 0.05) is 32.7 Å². The van der Waals surface area contributed by atoms with Gasteiger partial charge in [-0.15, -0.1) is 0 Å². The van der Waals surface area contributed by atoms with E-state index < -0.39 is 10.0 Å². The zero-order chi connectivity index (χ0) is 19.2. The van der Waals surface area contributed by atoms with Crippen LogP contribution in [0.4, 0.5) is 4.39 Å². The standard InChI is InChI=1S/C18H29FN4O2S/c1-4-20-18(21-9-7-16-5-6-17(19)11-14(16)2)22-12-15-8-10-23(13-15)26(3,24)25/h5-6,11,15H,4,7-10,12-13H2,1-3H3,(H2,20,21,22). The molecule has 0 saturated carbocycles. The highest BCUT2D eigenvalue weighted by Gasteiger charge is 2.28. The first-order valence-corrected chi connectivity index (χ1v) is 10.9. The summed E-state index contributed by atoms with van der Waals surface area (Å²) >= 11 is 0. The van der Waals surface area contributed by atoms with Crippen molar-refractivity contribution in [2.75, 3.05) is 39.0 Å². The predicted molar refractivity (Wildman–Crippen MR) is 103 cm³/mol. The number of nitrogens with zero attached hydrogens (tertiary/aromatic N) is 2. The molecule has 1 atom stereocenters. The SMILES string of the molecule is CCNC(=NCC1CCN(S(C)(=O)=O)C1)NCCc1ccc(F)cc1C. The molecule has 1 aromatic carbocycles. The Morgan fingerprint density at radius 1 is 1.38 bits per heavy atom. The van der Waals surface area contributed by atoms with Gasteiger partial charge in [0.05, 0.1) is 6.26 Å². The van der Waals surface area contributed by atoms with E-state index >= 15 is 0 Å². The average molecular weight is 385 g/mol. The monoisotopic (exact) mass is 384 g/mol. The van der Waals surface area contributed by atoms with Gasteiger partial charge in [0.15, 0.2) is 5.96 Å². The molecule has 0 bridgehead atoms. The Morgan fingerprint density at radius 3 is 2.77 bits per heavy atom. The molecule has 1 fully saturated rings. The van der Waals surface area contributed by atoms with E-state index in [1.165, 1.54) is 16.6 Å². The van der Waals surface area contributed by atoms with Gasteiger partial charge in [-0.2, -0.15) is 0 Å². The average Bonchev–Trinajstić information content (AvgIpc) is 3.04. The number of rotatable bonds is 7. The van der Waals surface area contributed by atoms with Crippen molar-refractivity contribution >= 4 is 16.0 Å². The maximum atomic E-state index is 13.2. The predicted octanol–water partition coefficient (Wildman–Crippen LogP) is 1.51. The van der Waals surface area contributed by atoms with Crippen LogP contribution in [0.3, 0.4) is 0 Å². The Bertz CT molecular complexity index is 737. The summed E-state index contributed by atoms with van der Waals surface area (Å²) in [6.45, 7) is 7.06. The third-order valence-electron chi connectivity index (χ3n) is 4.56. The lowest BCUT2D eigenvalue weighted by molar-refractivity contribution is 0.464. The quantitative estimate of drug-likeness (QED) is 0.552. The van der Waals surface area contributed by atoms with Gasteiger partial charge in [0.25, 0.3) is 0 Å². The molecule has 1 heterocycles. The van der Waals surface area contributed by atoms with Crippen molar-refractivity contribution in [3.8, 4) is 0 Å². The summed E-state index contributed by atoms with van der Waals surface area (Å²) < 4.78 is 37.9. The molecule has 1 aliphatic heterocycles. The number of hydrogen-bond acceptors (Lipinski definition) is 3. The fourth-order valence-corrected chi connectivity index (χ4v) is 3.98. The molecule has 0 radical (unpaired) electrons. The van der Waals surface area contributed by atoms with Crippen LogP contribution in [-0.2, 0) is 16.4 Å². The zero-order valence-corrected chi connectivity index (χ0v) is 16.6. The highest BCUT2D eigenvalue weighted by Crippen LogP contribution is 2.18. The summed E-state index contributed by atoms with van der Waals surface area (Å²) in [7, 11) is -3.11. The van der Waals surface area contributed by atoms with Gasteiger partial charge in [0.2, 0.25) is 10.0 Å². The molecule has 1 aromatic rings. The van der Waals surface area contributed by atoms with Crippen molar-refractivity contribution in [2.45, 2.75) is 26.7 Å². The molecular formula is C18H29FN4O2S.